The van der Waals surface area contributed by atoms with E-state index in [1.54, 1.807) is 6.20 Å². The maximum atomic E-state index is 5.96. The van der Waals surface area contributed by atoms with E-state index < -0.39 is 0 Å². The van der Waals surface area contributed by atoms with Crippen molar-refractivity contribution >= 4 is 29.9 Å². The molecule has 1 aliphatic rings. The Labute approximate surface area is 178 Å². The lowest BCUT2D eigenvalue weighted by Crippen LogP contribution is -2.39. The van der Waals surface area contributed by atoms with Gasteiger partial charge in [0.05, 0.1) is 26.1 Å². The lowest BCUT2D eigenvalue weighted by Gasteiger charge is -2.26. The van der Waals surface area contributed by atoms with Gasteiger partial charge in [-0.2, -0.15) is 0 Å². The molecule has 2 aromatic rings. The number of nitrogens with one attached hydrogen (secondary N) is 1. The van der Waals surface area contributed by atoms with Gasteiger partial charge in [-0.3, -0.25) is 4.90 Å². The Bertz CT molecular complexity index is 668. The molecule has 0 saturated carbocycles. The molecule has 7 nitrogen and oxygen atoms in total. The number of rotatable bonds is 8. The Morgan fingerprint density at radius 3 is 2.63 bits per heavy atom. The zero-order valence-electron chi connectivity index (χ0n) is 15.6. The normalized spacial score (nSPS) is 15.3. The number of hydrogen-bond acceptors (Lipinski definition) is 4. The van der Waals surface area contributed by atoms with Crippen molar-refractivity contribution in [2.24, 2.45) is 10.7 Å². The Morgan fingerprint density at radius 2 is 1.93 bits per heavy atom. The molecule has 3 rings (SSSR count). The van der Waals surface area contributed by atoms with Crippen molar-refractivity contribution < 1.29 is 4.74 Å². The van der Waals surface area contributed by atoms with E-state index in [4.69, 9.17) is 10.5 Å². The Hall–Kier alpha value is -1.65. The van der Waals surface area contributed by atoms with Gasteiger partial charge in [0, 0.05) is 38.6 Å². The van der Waals surface area contributed by atoms with E-state index in [0.717, 1.165) is 57.9 Å². The molecule has 3 N–H and O–H groups in total. The largest absolute Gasteiger partial charge is 0.379 e. The molecule has 8 heteroatoms. The minimum Gasteiger partial charge on any atom is -0.379 e. The summed E-state index contributed by atoms with van der Waals surface area (Å²) in [5.74, 6) is 0.509. The van der Waals surface area contributed by atoms with Crippen LogP contribution in [0.25, 0.3) is 0 Å². The summed E-state index contributed by atoms with van der Waals surface area (Å²) in [7, 11) is 0. The molecule has 2 heterocycles. The number of imidazole rings is 1. The van der Waals surface area contributed by atoms with E-state index in [2.05, 4.69) is 44.5 Å². The second-order valence-electron chi connectivity index (χ2n) is 6.49. The molecule has 1 aromatic heterocycles. The minimum atomic E-state index is 0. The molecule has 0 atom stereocenters. The first-order valence-corrected chi connectivity index (χ1v) is 9.17. The summed E-state index contributed by atoms with van der Waals surface area (Å²) < 4.78 is 7.40. The SMILES string of the molecule is I.NC(=NCc1ccc(Cn2ccnc2)cc1)NCCCN1CCOCC1. The fourth-order valence-corrected chi connectivity index (χ4v) is 2.92. The van der Waals surface area contributed by atoms with Gasteiger partial charge in [-0.1, -0.05) is 24.3 Å². The highest BCUT2D eigenvalue weighted by Crippen LogP contribution is 2.07. The lowest BCUT2D eigenvalue weighted by atomic mass is 10.1. The third-order valence-electron chi connectivity index (χ3n) is 4.44. The molecule has 0 bridgehead atoms. The van der Waals surface area contributed by atoms with Gasteiger partial charge in [-0.15, -0.1) is 24.0 Å². The maximum Gasteiger partial charge on any atom is 0.188 e. The topological polar surface area (TPSA) is 80.7 Å². The highest BCUT2D eigenvalue weighted by Gasteiger charge is 2.08. The number of nitrogens with zero attached hydrogens (tertiary/aromatic N) is 4. The van der Waals surface area contributed by atoms with Gasteiger partial charge in [0.2, 0.25) is 0 Å². The molecule has 148 valence electrons. The van der Waals surface area contributed by atoms with E-state index in [-0.39, 0.29) is 24.0 Å². The third kappa shape index (κ3) is 7.86. The zero-order chi connectivity index (χ0) is 18.0. The van der Waals surface area contributed by atoms with Crippen LogP contribution >= 0.6 is 24.0 Å². The smallest absolute Gasteiger partial charge is 0.188 e. The van der Waals surface area contributed by atoms with E-state index in [1.807, 2.05) is 17.1 Å². The summed E-state index contributed by atoms with van der Waals surface area (Å²) in [6, 6.07) is 8.44. The number of ether oxygens (including phenoxy) is 1. The number of nitrogens with two attached hydrogens (primary N) is 1. The summed E-state index contributed by atoms with van der Waals surface area (Å²) in [5, 5.41) is 3.19. The standard InChI is InChI=1S/C19H28N6O.HI/c20-19(22-6-1-8-24-10-12-26-13-11-24)23-14-17-2-4-18(5-3-17)15-25-9-7-21-16-25;/h2-5,7,9,16H,1,6,8,10-15H2,(H3,20,22,23);1H. The molecular weight excluding hydrogens is 455 g/mol. The van der Waals surface area contributed by atoms with Crippen molar-refractivity contribution in [1.29, 1.82) is 0 Å². The van der Waals surface area contributed by atoms with Gasteiger partial charge >= 0.3 is 0 Å². The van der Waals surface area contributed by atoms with Gasteiger partial charge in [0.25, 0.3) is 0 Å². The second-order valence-corrected chi connectivity index (χ2v) is 6.49. The van der Waals surface area contributed by atoms with Crippen LogP contribution in [0, 0.1) is 0 Å². The minimum absolute atomic E-state index is 0. The molecule has 0 aliphatic carbocycles. The molecule has 0 unspecified atom stereocenters. The number of guanidine groups is 1. The molecule has 1 aromatic carbocycles. The number of aliphatic imine (C=N–C) groups is 1. The van der Waals surface area contributed by atoms with Gasteiger partial charge in [-0.05, 0) is 24.1 Å². The Morgan fingerprint density at radius 1 is 1.19 bits per heavy atom. The number of aromatic nitrogens is 2. The first-order chi connectivity index (χ1) is 12.8. The summed E-state index contributed by atoms with van der Waals surface area (Å²) in [6.07, 6.45) is 6.63. The van der Waals surface area contributed by atoms with Crippen molar-refractivity contribution in [3.05, 3.63) is 54.1 Å². The molecule has 27 heavy (non-hydrogen) atoms. The van der Waals surface area contributed by atoms with Gasteiger partial charge < -0.3 is 20.4 Å². The molecule has 1 saturated heterocycles. The Kier molecular flexibility index (Phi) is 9.57. The first kappa shape index (κ1) is 21.6. The van der Waals surface area contributed by atoms with Crippen molar-refractivity contribution in [1.82, 2.24) is 19.8 Å². The molecule has 0 spiro atoms. The average Bonchev–Trinajstić information content (AvgIpc) is 3.19. The van der Waals surface area contributed by atoms with Crippen LogP contribution in [-0.4, -0.2) is 59.8 Å². The van der Waals surface area contributed by atoms with E-state index in [1.165, 1.54) is 5.56 Å². The van der Waals surface area contributed by atoms with Crippen molar-refractivity contribution in [2.75, 3.05) is 39.4 Å². The van der Waals surface area contributed by atoms with Crippen LogP contribution in [0.3, 0.4) is 0 Å². The molecule has 0 radical (unpaired) electrons. The average molecular weight is 484 g/mol. The van der Waals surface area contributed by atoms with Crippen LogP contribution < -0.4 is 11.1 Å². The zero-order valence-corrected chi connectivity index (χ0v) is 17.9. The maximum absolute atomic E-state index is 5.96. The predicted molar refractivity (Wildman–Crippen MR) is 118 cm³/mol. The fraction of sp³-hybridized carbons (Fsp3) is 0.474. The van der Waals surface area contributed by atoms with Crippen LogP contribution in [0.5, 0.6) is 0 Å². The highest BCUT2D eigenvalue weighted by molar-refractivity contribution is 14.0. The first-order valence-electron chi connectivity index (χ1n) is 9.17. The molecular formula is C19H29IN6O. The number of morpholine rings is 1. The predicted octanol–water partition coefficient (Wildman–Crippen LogP) is 1.68. The summed E-state index contributed by atoms with van der Waals surface area (Å²) in [4.78, 5) is 10.9. The number of hydrogen-bond donors (Lipinski definition) is 2. The summed E-state index contributed by atoms with van der Waals surface area (Å²) in [6.45, 7) is 7.08. The monoisotopic (exact) mass is 484 g/mol. The van der Waals surface area contributed by atoms with E-state index >= 15 is 0 Å². The van der Waals surface area contributed by atoms with Gasteiger partial charge in [0.15, 0.2) is 5.96 Å². The Balaban J connectivity index is 0.00000261. The van der Waals surface area contributed by atoms with Crippen LogP contribution in [0.15, 0.2) is 48.0 Å². The number of benzene rings is 1. The highest BCUT2D eigenvalue weighted by atomic mass is 127. The van der Waals surface area contributed by atoms with Crippen molar-refractivity contribution in [2.45, 2.75) is 19.5 Å². The van der Waals surface area contributed by atoms with Crippen LogP contribution in [-0.2, 0) is 17.8 Å². The fourth-order valence-electron chi connectivity index (χ4n) is 2.92. The quantitative estimate of drug-likeness (QED) is 0.258. The van der Waals surface area contributed by atoms with Crippen LogP contribution in [0.4, 0.5) is 0 Å². The van der Waals surface area contributed by atoms with E-state index in [9.17, 15) is 0 Å². The van der Waals surface area contributed by atoms with Gasteiger partial charge in [-0.25, -0.2) is 9.98 Å². The second kappa shape index (κ2) is 11.9. The van der Waals surface area contributed by atoms with Crippen molar-refractivity contribution in [3.8, 4) is 0 Å². The summed E-state index contributed by atoms with van der Waals surface area (Å²) >= 11 is 0. The van der Waals surface area contributed by atoms with Crippen LogP contribution in [0.1, 0.15) is 17.5 Å². The molecule has 1 fully saturated rings. The van der Waals surface area contributed by atoms with Crippen LogP contribution in [0.2, 0.25) is 0 Å². The summed E-state index contributed by atoms with van der Waals surface area (Å²) in [5.41, 5.74) is 8.35. The van der Waals surface area contributed by atoms with Gasteiger partial charge in [0.1, 0.15) is 0 Å². The lowest BCUT2D eigenvalue weighted by molar-refractivity contribution is 0.0376. The number of halogens is 1. The molecule has 0 amide bonds. The third-order valence-corrected chi connectivity index (χ3v) is 4.44. The van der Waals surface area contributed by atoms with Crippen molar-refractivity contribution in [3.63, 3.8) is 0 Å². The van der Waals surface area contributed by atoms with E-state index in [0.29, 0.717) is 12.5 Å². The molecule has 1 aliphatic heterocycles.